The first kappa shape index (κ1) is 21.7. The molecule has 1 aromatic carbocycles. The first-order valence-electron chi connectivity index (χ1n) is 10.5. The van der Waals surface area contributed by atoms with Gasteiger partial charge in [0.2, 0.25) is 5.91 Å². The van der Waals surface area contributed by atoms with Crippen molar-refractivity contribution in [2.75, 3.05) is 26.2 Å². The zero-order valence-electron chi connectivity index (χ0n) is 17.1. The third-order valence-corrected chi connectivity index (χ3v) is 6.33. The molecular weight excluding hydrogens is 379 g/mol. The molecule has 0 unspecified atom stereocenters. The van der Waals surface area contributed by atoms with Crippen LogP contribution >= 0.6 is 0 Å². The van der Waals surface area contributed by atoms with Crippen LogP contribution in [0.5, 0.6) is 0 Å². The number of nitrogens with zero attached hydrogens (tertiary/aromatic N) is 2. The third-order valence-electron chi connectivity index (χ3n) is 6.33. The highest BCUT2D eigenvalue weighted by molar-refractivity contribution is 5.78. The molecule has 2 aliphatic rings. The minimum absolute atomic E-state index is 0.0630. The quantitative estimate of drug-likeness (QED) is 0.753. The molecule has 1 aliphatic heterocycles. The van der Waals surface area contributed by atoms with Crippen LogP contribution in [0.25, 0.3) is 0 Å². The van der Waals surface area contributed by atoms with Gasteiger partial charge >= 0.3 is 0 Å². The molecule has 7 heteroatoms. The zero-order chi connectivity index (χ0) is 21.1. The average Bonchev–Trinajstić information content (AvgIpc) is 2.72. The van der Waals surface area contributed by atoms with Gasteiger partial charge in [-0.3, -0.25) is 4.79 Å². The minimum Gasteiger partial charge on any atom is -0.375 e. The van der Waals surface area contributed by atoms with Crippen molar-refractivity contribution in [3.8, 4) is 0 Å². The van der Waals surface area contributed by atoms with E-state index < -0.39 is 17.5 Å². The van der Waals surface area contributed by atoms with Crippen LogP contribution in [0.2, 0.25) is 0 Å². The lowest BCUT2D eigenvalue weighted by atomic mass is 9.81. The van der Waals surface area contributed by atoms with Gasteiger partial charge < -0.3 is 15.5 Å². The molecule has 29 heavy (non-hydrogen) atoms. The predicted molar refractivity (Wildman–Crippen MR) is 107 cm³/mol. The van der Waals surface area contributed by atoms with Gasteiger partial charge in [-0.1, -0.05) is 6.08 Å². The van der Waals surface area contributed by atoms with E-state index in [1.165, 1.54) is 0 Å². The van der Waals surface area contributed by atoms with Gasteiger partial charge in [-0.15, -0.1) is 0 Å². The summed E-state index contributed by atoms with van der Waals surface area (Å²) in [6, 6.07) is 1.15. The second-order valence-electron chi connectivity index (χ2n) is 7.97. The number of rotatable bonds is 5. The van der Waals surface area contributed by atoms with Crippen molar-refractivity contribution in [3.63, 3.8) is 0 Å². The summed E-state index contributed by atoms with van der Waals surface area (Å²) in [5.74, 6) is -3.07. The molecule has 160 valence electrons. The van der Waals surface area contributed by atoms with E-state index in [4.69, 9.17) is 5.73 Å². The van der Waals surface area contributed by atoms with Gasteiger partial charge in [-0.2, -0.15) is 0 Å². The Morgan fingerprint density at radius 2 is 1.72 bits per heavy atom. The van der Waals surface area contributed by atoms with Gasteiger partial charge in [0.05, 0.1) is 0 Å². The van der Waals surface area contributed by atoms with Crippen LogP contribution in [-0.2, 0) is 4.79 Å². The summed E-state index contributed by atoms with van der Waals surface area (Å²) in [7, 11) is 0. The number of hydrogen-bond acceptors (Lipinski definition) is 3. The molecule has 2 atom stereocenters. The van der Waals surface area contributed by atoms with Crippen LogP contribution in [-0.4, -0.2) is 47.9 Å². The van der Waals surface area contributed by atoms with Crippen molar-refractivity contribution in [3.05, 3.63) is 46.9 Å². The number of nitrogens with two attached hydrogens (primary N) is 1. The molecule has 1 fully saturated rings. The maximum Gasteiger partial charge on any atom is 0.225 e. The van der Waals surface area contributed by atoms with Gasteiger partial charge in [0.1, 0.15) is 5.82 Å². The normalized spacial score (nSPS) is 23.1. The summed E-state index contributed by atoms with van der Waals surface area (Å²) in [6.45, 7) is 7.05. The van der Waals surface area contributed by atoms with Crippen molar-refractivity contribution in [2.45, 2.75) is 51.5 Å². The van der Waals surface area contributed by atoms with E-state index in [9.17, 15) is 18.0 Å². The van der Waals surface area contributed by atoms with Crippen molar-refractivity contribution in [1.82, 2.24) is 9.80 Å². The lowest BCUT2D eigenvalue weighted by Crippen LogP contribution is -2.43. The van der Waals surface area contributed by atoms with E-state index in [-0.39, 0.29) is 29.3 Å². The largest absolute Gasteiger partial charge is 0.375 e. The number of hydrogen-bond donors (Lipinski definition) is 1. The smallest absolute Gasteiger partial charge is 0.225 e. The van der Waals surface area contributed by atoms with E-state index in [2.05, 4.69) is 4.90 Å². The lowest BCUT2D eigenvalue weighted by Gasteiger charge is -2.39. The average molecular weight is 409 g/mol. The van der Waals surface area contributed by atoms with Crippen LogP contribution in [0.3, 0.4) is 0 Å². The first-order chi connectivity index (χ1) is 13.8. The monoisotopic (exact) mass is 409 g/mol. The fraction of sp³-hybridized carbons (Fsp3) is 0.591. The van der Waals surface area contributed by atoms with Crippen LogP contribution < -0.4 is 5.73 Å². The molecule has 1 saturated heterocycles. The third kappa shape index (κ3) is 4.60. The summed E-state index contributed by atoms with van der Waals surface area (Å²) >= 11 is 0. The number of carbonyl (C=O) groups is 1. The molecule has 1 aliphatic carbocycles. The number of piperidine rings is 1. The highest BCUT2D eigenvalue weighted by Gasteiger charge is 2.32. The van der Waals surface area contributed by atoms with E-state index in [1.807, 2.05) is 24.8 Å². The van der Waals surface area contributed by atoms with Crippen molar-refractivity contribution in [2.24, 2.45) is 11.7 Å². The van der Waals surface area contributed by atoms with Crippen LogP contribution in [0, 0.1) is 23.4 Å². The Labute approximate surface area is 170 Å². The van der Waals surface area contributed by atoms with Crippen molar-refractivity contribution < 1.29 is 18.0 Å². The highest BCUT2D eigenvalue weighted by atomic mass is 19.2. The maximum absolute atomic E-state index is 14.2. The SMILES string of the molecule is CCN(CC)C(=O)C1CCN(C2=CC[C@H](c3cc(F)c(F)cc3F)[C@@H](N)C2)CC1. The zero-order valence-corrected chi connectivity index (χ0v) is 17.1. The molecule has 0 saturated carbocycles. The molecule has 0 spiro atoms. The molecule has 0 radical (unpaired) electrons. The second kappa shape index (κ2) is 9.20. The Bertz CT molecular complexity index is 771. The number of halogens is 3. The lowest BCUT2D eigenvalue weighted by molar-refractivity contribution is -0.136. The topological polar surface area (TPSA) is 49.6 Å². The molecule has 1 aromatic rings. The number of carbonyl (C=O) groups excluding carboxylic acids is 1. The Kier molecular flexibility index (Phi) is 6.88. The second-order valence-corrected chi connectivity index (χ2v) is 7.97. The molecule has 0 bridgehead atoms. The summed E-state index contributed by atoms with van der Waals surface area (Å²) in [4.78, 5) is 16.7. The van der Waals surface area contributed by atoms with Gasteiger partial charge in [0.15, 0.2) is 11.6 Å². The molecule has 4 nitrogen and oxygen atoms in total. The first-order valence-corrected chi connectivity index (χ1v) is 10.5. The predicted octanol–water partition coefficient (Wildman–Crippen LogP) is 3.77. The Balaban J connectivity index is 1.63. The van der Waals surface area contributed by atoms with E-state index in [0.29, 0.717) is 18.9 Å². The molecule has 1 heterocycles. The molecule has 2 N–H and O–H groups in total. The minimum atomic E-state index is -1.19. The van der Waals surface area contributed by atoms with E-state index in [1.54, 1.807) is 0 Å². The van der Waals surface area contributed by atoms with Gasteiger partial charge in [-0.05, 0) is 44.7 Å². The van der Waals surface area contributed by atoms with Crippen LogP contribution in [0.1, 0.15) is 51.0 Å². The Morgan fingerprint density at radius 3 is 2.31 bits per heavy atom. The van der Waals surface area contributed by atoms with Gasteiger partial charge in [-0.25, -0.2) is 13.2 Å². The molecule has 1 amide bonds. The number of benzene rings is 1. The van der Waals surface area contributed by atoms with E-state index in [0.717, 1.165) is 50.8 Å². The van der Waals surface area contributed by atoms with Crippen LogP contribution in [0.4, 0.5) is 13.2 Å². The van der Waals surface area contributed by atoms with Crippen LogP contribution in [0.15, 0.2) is 23.9 Å². The summed E-state index contributed by atoms with van der Waals surface area (Å²) in [5.41, 5.74) is 7.54. The van der Waals surface area contributed by atoms with E-state index >= 15 is 0 Å². The van der Waals surface area contributed by atoms with Gasteiger partial charge in [0, 0.05) is 62.2 Å². The maximum atomic E-state index is 14.2. The van der Waals surface area contributed by atoms with Crippen molar-refractivity contribution >= 4 is 5.91 Å². The Morgan fingerprint density at radius 1 is 1.10 bits per heavy atom. The number of likely N-dealkylation sites (tertiary alicyclic amines) is 1. The fourth-order valence-electron chi connectivity index (χ4n) is 4.55. The standard InChI is InChI=1S/C22H30F3N3O/c1-3-27(4-2)22(29)14-7-9-28(10-8-14)15-5-6-16(21(26)11-15)17-12-19(24)20(25)13-18(17)23/h5,12-14,16,21H,3-4,6-11,26H2,1-2H3/t16-,21+/m1/s1. The van der Waals surface area contributed by atoms with Gasteiger partial charge in [0.25, 0.3) is 0 Å². The molecular formula is C22H30F3N3O. The highest BCUT2D eigenvalue weighted by Crippen LogP contribution is 2.36. The molecule has 0 aromatic heterocycles. The summed E-state index contributed by atoms with van der Waals surface area (Å²) < 4.78 is 41.0. The van der Waals surface area contributed by atoms with Crippen molar-refractivity contribution in [1.29, 1.82) is 0 Å². The Hall–Kier alpha value is -2.02. The summed E-state index contributed by atoms with van der Waals surface area (Å²) in [5, 5.41) is 0. The molecule has 3 rings (SSSR count). The summed E-state index contributed by atoms with van der Waals surface area (Å²) in [6.07, 6.45) is 4.68. The fourth-order valence-corrected chi connectivity index (χ4v) is 4.55. The number of amides is 1. The number of allylic oxidation sites excluding steroid dienone is 1.